The molecule has 0 saturated heterocycles. The van der Waals surface area contributed by atoms with Gasteiger partial charge >= 0.3 is 5.97 Å². The highest BCUT2D eigenvalue weighted by Gasteiger charge is 2.21. The maximum Gasteiger partial charge on any atom is 0.333 e. The van der Waals surface area contributed by atoms with Gasteiger partial charge < -0.3 is 9.47 Å². The van der Waals surface area contributed by atoms with Crippen LogP contribution in [0.3, 0.4) is 0 Å². The molecule has 3 nitrogen and oxygen atoms in total. The lowest BCUT2D eigenvalue weighted by atomic mass is 9.96. The number of carbonyl (C=O) groups excluding carboxylic acids is 1. The van der Waals surface area contributed by atoms with E-state index in [4.69, 9.17) is 9.47 Å². The third-order valence-electron chi connectivity index (χ3n) is 5.03. The van der Waals surface area contributed by atoms with E-state index in [0.717, 1.165) is 18.1 Å². The molecule has 0 N–H and O–H groups in total. The Morgan fingerprint density at radius 3 is 2.46 bits per heavy atom. The Morgan fingerprint density at radius 1 is 1.00 bits per heavy atom. The van der Waals surface area contributed by atoms with Gasteiger partial charge in [-0.15, -0.1) is 0 Å². The molecule has 3 aromatic rings. The molecule has 1 unspecified atom stereocenters. The zero-order valence-corrected chi connectivity index (χ0v) is 15.9. The molecule has 3 aromatic carbocycles. The van der Waals surface area contributed by atoms with E-state index in [9.17, 15) is 4.79 Å². The van der Waals surface area contributed by atoms with Gasteiger partial charge in [0.05, 0.1) is 0 Å². The zero-order valence-electron chi connectivity index (χ0n) is 15.9. The predicted octanol–water partition coefficient (Wildman–Crippen LogP) is 5.77. The Kier molecular flexibility index (Phi) is 4.98. The Labute approximate surface area is 165 Å². The standard InChI is InChI=1S/C25H22O3/c1-3-24(26)28-25(4-2)27-19-14-12-17(13-15-19)20-10-7-11-22-21-9-6-5-8-18(21)16-23(20)22/h3,5-15,25H,1,4,16H2,2H3. The molecular formula is C25H22O3. The molecular weight excluding hydrogens is 348 g/mol. The van der Waals surface area contributed by atoms with E-state index in [1.807, 2.05) is 19.1 Å². The summed E-state index contributed by atoms with van der Waals surface area (Å²) in [5.74, 6) is 0.186. The molecule has 0 aliphatic heterocycles. The van der Waals surface area contributed by atoms with Crippen molar-refractivity contribution in [3.8, 4) is 28.0 Å². The monoisotopic (exact) mass is 370 g/mol. The molecule has 0 amide bonds. The molecule has 1 aliphatic rings. The van der Waals surface area contributed by atoms with Crippen LogP contribution in [0, 0.1) is 0 Å². The van der Waals surface area contributed by atoms with Crippen molar-refractivity contribution in [3.05, 3.63) is 90.5 Å². The van der Waals surface area contributed by atoms with Crippen LogP contribution in [0.4, 0.5) is 0 Å². The molecule has 0 spiro atoms. The Morgan fingerprint density at radius 2 is 1.71 bits per heavy atom. The van der Waals surface area contributed by atoms with E-state index in [0.29, 0.717) is 12.2 Å². The van der Waals surface area contributed by atoms with Crippen molar-refractivity contribution in [1.82, 2.24) is 0 Å². The Bertz CT molecular complexity index is 1020. The average molecular weight is 370 g/mol. The van der Waals surface area contributed by atoms with Crippen molar-refractivity contribution in [2.45, 2.75) is 26.1 Å². The number of hydrogen-bond donors (Lipinski definition) is 0. The maximum atomic E-state index is 11.4. The molecule has 0 bridgehead atoms. The average Bonchev–Trinajstić information content (AvgIpc) is 3.12. The molecule has 0 aromatic heterocycles. The molecule has 140 valence electrons. The van der Waals surface area contributed by atoms with Gasteiger partial charge in [0, 0.05) is 12.5 Å². The summed E-state index contributed by atoms with van der Waals surface area (Å²) < 4.78 is 11.0. The molecule has 1 atom stereocenters. The summed E-state index contributed by atoms with van der Waals surface area (Å²) in [6, 6.07) is 23.0. The summed E-state index contributed by atoms with van der Waals surface area (Å²) in [7, 11) is 0. The topological polar surface area (TPSA) is 35.5 Å². The summed E-state index contributed by atoms with van der Waals surface area (Å²) >= 11 is 0. The summed E-state index contributed by atoms with van der Waals surface area (Å²) in [4.78, 5) is 11.4. The molecule has 28 heavy (non-hydrogen) atoms. The quantitative estimate of drug-likeness (QED) is 0.246. The second-order valence-electron chi connectivity index (χ2n) is 6.79. The van der Waals surface area contributed by atoms with E-state index < -0.39 is 12.3 Å². The van der Waals surface area contributed by atoms with Crippen LogP contribution in [-0.2, 0) is 16.0 Å². The number of carbonyl (C=O) groups is 1. The second-order valence-corrected chi connectivity index (χ2v) is 6.79. The van der Waals surface area contributed by atoms with Crippen LogP contribution in [0.1, 0.15) is 24.5 Å². The van der Waals surface area contributed by atoms with E-state index in [2.05, 4.69) is 61.2 Å². The summed E-state index contributed by atoms with van der Waals surface area (Å²) in [6.07, 6.45) is 2.04. The largest absolute Gasteiger partial charge is 0.455 e. The van der Waals surface area contributed by atoms with Gasteiger partial charge in [0.25, 0.3) is 0 Å². The molecule has 3 heteroatoms. The van der Waals surface area contributed by atoms with Crippen LogP contribution in [0.15, 0.2) is 79.4 Å². The van der Waals surface area contributed by atoms with E-state index in [-0.39, 0.29) is 0 Å². The van der Waals surface area contributed by atoms with Gasteiger partial charge in [0.15, 0.2) is 0 Å². The number of hydrogen-bond acceptors (Lipinski definition) is 3. The van der Waals surface area contributed by atoms with E-state index in [1.165, 1.54) is 27.8 Å². The fourth-order valence-corrected chi connectivity index (χ4v) is 3.66. The van der Waals surface area contributed by atoms with Crippen molar-refractivity contribution in [2.75, 3.05) is 0 Å². The van der Waals surface area contributed by atoms with Crippen LogP contribution in [0.2, 0.25) is 0 Å². The minimum absolute atomic E-state index is 0.483. The SMILES string of the molecule is C=CC(=O)OC(CC)Oc1ccc(-c2cccc3c2Cc2ccccc2-3)cc1. The van der Waals surface area contributed by atoms with Crippen LogP contribution in [0.25, 0.3) is 22.3 Å². The van der Waals surface area contributed by atoms with Crippen LogP contribution in [-0.4, -0.2) is 12.3 Å². The van der Waals surface area contributed by atoms with Crippen molar-refractivity contribution in [3.63, 3.8) is 0 Å². The molecule has 0 heterocycles. The normalized spacial score (nSPS) is 12.6. The van der Waals surface area contributed by atoms with Crippen molar-refractivity contribution < 1.29 is 14.3 Å². The van der Waals surface area contributed by atoms with Crippen LogP contribution >= 0.6 is 0 Å². The second kappa shape index (κ2) is 7.73. The zero-order chi connectivity index (χ0) is 19.5. The fourth-order valence-electron chi connectivity index (χ4n) is 3.66. The first-order valence-electron chi connectivity index (χ1n) is 9.50. The predicted molar refractivity (Wildman–Crippen MR) is 111 cm³/mol. The maximum absolute atomic E-state index is 11.4. The van der Waals surface area contributed by atoms with Crippen molar-refractivity contribution >= 4 is 5.97 Å². The number of fused-ring (bicyclic) bond motifs is 3. The first kappa shape index (κ1) is 18.1. The van der Waals surface area contributed by atoms with Gasteiger partial charge in [-0.2, -0.15) is 0 Å². The third-order valence-corrected chi connectivity index (χ3v) is 5.03. The van der Waals surface area contributed by atoms with Gasteiger partial charge in [-0.05, 0) is 51.9 Å². The first-order chi connectivity index (χ1) is 13.7. The number of esters is 1. The lowest BCUT2D eigenvalue weighted by molar-refractivity contribution is -0.157. The number of rotatable bonds is 6. The lowest BCUT2D eigenvalue weighted by Crippen LogP contribution is -2.22. The van der Waals surface area contributed by atoms with Crippen molar-refractivity contribution in [1.29, 1.82) is 0 Å². The van der Waals surface area contributed by atoms with Gasteiger partial charge in [-0.1, -0.05) is 68.1 Å². The molecule has 1 aliphatic carbocycles. The van der Waals surface area contributed by atoms with Crippen LogP contribution in [0.5, 0.6) is 5.75 Å². The highest BCUT2D eigenvalue weighted by atomic mass is 16.7. The van der Waals surface area contributed by atoms with Gasteiger partial charge in [-0.25, -0.2) is 4.79 Å². The molecule has 0 radical (unpaired) electrons. The summed E-state index contributed by atoms with van der Waals surface area (Å²) in [5.41, 5.74) is 7.77. The minimum Gasteiger partial charge on any atom is -0.455 e. The molecule has 4 rings (SSSR count). The highest BCUT2D eigenvalue weighted by Crippen LogP contribution is 2.41. The van der Waals surface area contributed by atoms with Gasteiger partial charge in [-0.3, -0.25) is 0 Å². The van der Waals surface area contributed by atoms with Crippen molar-refractivity contribution in [2.24, 2.45) is 0 Å². The lowest BCUT2D eigenvalue weighted by Gasteiger charge is -2.17. The molecule has 0 fully saturated rings. The minimum atomic E-state index is -0.619. The third kappa shape index (κ3) is 3.44. The fraction of sp³-hybridized carbons (Fsp3) is 0.160. The van der Waals surface area contributed by atoms with Gasteiger partial charge in [0.1, 0.15) is 5.75 Å². The number of benzene rings is 3. The first-order valence-corrected chi connectivity index (χ1v) is 9.50. The van der Waals surface area contributed by atoms with E-state index >= 15 is 0 Å². The Balaban J connectivity index is 1.57. The van der Waals surface area contributed by atoms with Crippen LogP contribution < -0.4 is 4.74 Å². The highest BCUT2D eigenvalue weighted by molar-refractivity contribution is 5.84. The summed E-state index contributed by atoms with van der Waals surface area (Å²) in [6.45, 7) is 5.32. The van der Waals surface area contributed by atoms with E-state index in [1.54, 1.807) is 0 Å². The smallest absolute Gasteiger partial charge is 0.333 e. The molecule has 0 saturated carbocycles. The summed E-state index contributed by atoms with van der Waals surface area (Å²) in [5, 5.41) is 0. The number of ether oxygens (including phenoxy) is 2. The van der Waals surface area contributed by atoms with Gasteiger partial charge in [0.2, 0.25) is 6.29 Å². The Hall–Kier alpha value is -3.33.